The predicted molar refractivity (Wildman–Crippen MR) is 54.0 cm³/mol. The standard InChI is InChI=1S/C9H17N3O3/c1-9(2,3)15-8(14)11-12-5-4-10-6-7(12)13/h10H,4-6H2,1-3H3,(H,11,14). The Labute approximate surface area is 88.9 Å². The van der Waals surface area contributed by atoms with Crippen molar-refractivity contribution in [2.45, 2.75) is 26.4 Å². The van der Waals surface area contributed by atoms with Crippen LogP contribution in [0.5, 0.6) is 0 Å². The molecule has 0 aliphatic carbocycles. The largest absolute Gasteiger partial charge is 0.443 e. The number of nitrogens with zero attached hydrogens (tertiary/aromatic N) is 1. The summed E-state index contributed by atoms with van der Waals surface area (Å²) in [5.41, 5.74) is 1.85. The van der Waals surface area contributed by atoms with Gasteiger partial charge in [-0.2, -0.15) is 0 Å². The van der Waals surface area contributed by atoms with Crippen molar-refractivity contribution < 1.29 is 14.3 Å². The Morgan fingerprint density at radius 2 is 2.20 bits per heavy atom. The van der Waals surface area contributed by atoms with Gasteiger partial charge >= 0.3 is 6.09 Å². The van der Waals surface area contributed by atoms with Crippen LogP contribution in [-0.4, -0.2) is 42.2 Å². The molecule has 1 aliphatic rings. The van der Waals surface area contributed by atoms with Crippen LogP contribution in [0.25, 0.3) is 0 Å². The van der Waals surface area contributed by atoms with Gasteiger partial charge in [0.15, 0.2) is 0 Å². The van der Waals surface area contributed by atoms with E-state index in [0.29, 0.717) is 13.1 Å². The van der Waals surface area contributed by atoms with Gasteiger partial charge in [-0.25, -0.2) is 15.2 Å². The SMILES string of the molecule is CC(C)(C)OC(=O)NN1CCNCC1=O. The maximum absolute atomic E-state index is 11.3. The second-order valence-corrected chi connectivity index (χ2v) is 4.34. The molecule has 0 unspecified atom stereocenters. The van der Waals surface area contributed by atoms with Crippen molar-refractivity contribution in [1.82, 2.24) is 15.8 Å². The number of amides is 2. The zero-order valence-electron chi connectivity index (χ0n) is 9.29. The number of rotatable bonds is 1. The molecule has 1 rings (SSSR count). The van der Waals surface area contributed by atoms with E-state index in [9.17, 15) is 9.59 Å². The van der Waals surface area contributed by atoms with E-state index in [0.717, 1.165) is 0 Å². The van der Waals surface area contributed by atoms with Gasteiger partial charge in [-0.05, 0) is 20.8 Å². The fourth-order valence-corrected chi connectivity index (χ4v) is 1.14. The molecule has 0 radical (unpaired) electrons. The summed E-state index contributed by atoms with van der Waals surface area (Å²) in [6.07, 6.45) is -0.599. The summed E-state index contributed by atoms with van der Waals surface area (Å²) < 4.78 is 5.02. The van der Waals surface area contributed by atoms with Crippen LogP contribution in [0.3, 0.4) is 0 Å². The van der Waals surface area contributed by atoms with E-state index in [4.69, 9.17) is 4.74 Å². The van der Waals surface area contributed by atoms with Crippen LogP contribution in [0.1, 0.15) is 20.8 Å². The van der Waals surface area contributed by atoms with Gasteiger partial charge in [0.25, 0.3) is 5.91 Å². The van der Waals surface area contributed by atoms with Crippen LogP contribution in [0.2, 0.25) is 0 Å². The van der Waals surface area contributed by atoms with E-state index in [1.807, 2.05) is 0 Å². The maximum atomic E-state index is 11.3. The van der Waals surface area contributed by atoms with Crippen LogP contribution in [0.4, 0.5) is 4.79 Å². The van der Waals surface area contributed by atoms with Gasteiger partial charge in [0.05, 0.1) is 13.1 Å². The molecule has 0 atom stereocenters. The van der Waals surface area contributed by atoms with E-state index < -0.39 is 11.7 Å². The zero-order valence-corrected chi connectivity index (χ0v) is 9.29. The second kappa shape index (κ2) is 4.48. The fourth-order valence-electron chi connectivity index (χ4n) is 1.14. The zero-order chi connectivity index (χ0) is 11.5. The smallest absolute Gasteiger partial charge is 0.426 e. The molecule has 1 aliphatic heterocycles. The maximum Gasteiger partial charge on any atom is 0.426 e. The van der Waals surface area contributed by atoms with Gasteiger partial charge in [0.1, 0.15) is 5.60 Å². The number of hydrogen-bond acceptors (Lipinski definition) is 4. The minimum absolute atomic E-state index is 0.160. The molecular weight excluding hydrogens is 198 g/mol. The van der Waals surface area contributed by atoms with Crippen LogP contribution >= 0.6 is 0 Å². The van der Waals surface area contributed by atoms with Gasteiger partial charge in [0, 0.05) is 6.54 Å². The van der Waals surface area contributed by atoms with Crippen molar-refractivity contribution in [1.29, 1.82) is 0 Å². The highest BCUT2D eigenvalue weighted by atomic mass is 16.6. The lowest BCUT2D eigenvalue weighted by molar-refractivity contribution is -0.135. The minimum Gasteiger partial charge on any atom is -0.443 e. The predicted octanol–water partition coefficient (Wildman–Crippen LogP) is -0.142. The Bertz CT molecular complexity index is 260. The van der Waals surface area contributed by atoms with Crippen molar-refractivity contribution in [3.8, 4) is 0 Å². The summed E-state index contributed by atoms with van der Waals surface area (Å²) in [5.74, 6) is -0.160. The topological polar surface area (TPSA) is 70.7 Å². The molecule has 0 bridgehead atoms. The molecule has 1 saturated heterocycles. The van der Waals surface area contributed by atoms with E-state index in [1.165, 1.54) is 5.01 Å². The first-order chi connectivity index (χ1) is 6.88. The molecule has 86 valence electrons. The average molecular weight is 215 g/mol. The molecule has 2 amide bonds. The van der Waals surface area contributed by atoms with Crippen LogP contribution in [0, 0.1) is 0 Å². The van der Waals surface area contributed by atoms with E-state index >= 15 is 0 Å². The molecule has 0 aromatic heterocycles. The summed E-state index contributed by atoms with van der Waals surface area (Å²) in [6, 6.07) is 0. The third-order valence-electron chi connectivity index (χ3n) is 1.71. The molecule has 6 nitrogen and oxygen atoms in total. The summed E-state index contributed by atoms with van der Waals surface area (Å²) in [4.78, 5) is 22.6. The normalized spacial score (nSPS) is 17.5. The van der Waals surface area contributed by atoms with Crippen LogP contribution in [-0.2, 0) is 9.53 Å². The van der Waals surface area contributed by atoms with E-state index in [1.54, 1.807) is 20.8 Å². The van der Waals surface area contributed by atoms with Gasteiger partial charge in [0.2, 0.25) is 0 Å². The molecule has 6 heteroatoms. The quantitative estimate of drug-likeness (QED) is 0.638. The van der Waals surface area contributed by atoms with Gasteiger partial charge < -0.3 is 10.1 Å². The molecule has 1 fully saturated rings. The van der Waals surface area contributed by atoms with Crippen molar-refractivity contribution in [3.05, 3.63) is 0 Å². The van der Waals surface area contributed by atoms with Gasteiger partial charge in [-0.1, -0.05) is 0 Å². The lowest BCUT2D eigenvalue weighted by Gasteiger charge is -2.28. The van der Waals surface area contributed by atoms with Crippen molar-refractivity contribution >= 4 is 12.0 Å². The van der Waals surface area contributed by atoms with Crippen molar-refractivity contribution in [2.24, 2.45) is 0 Å². The van der Waals surface area contributed by atoms with Gasteiger partial charge in [-0.15, -0.1) is 0 Å². The molecule has 0 aromatic carbocycles. The molecule has 1 heterocycles. The summed E-state index contributed by atoms with van der Waals surface area (Å²) in [5, 5.41) is 4.17. The van der Waals surface area contributed by atoms with Crippen molar-refractivity contribution in [3.63, 3.8) is 0 Å². The summed E-state index contributed by atoms with van der Waals surface area (Å²) >= 11 is 0. The third-order valence-corrected chi connectivity index (χ3v) is 1.71. The second-order valence-electron chi connectivity index (χ2n) is 4.34. The summed E-state index contributed by atoms with van der Waals surface area (Å²) in [7, 11) is 0. The lowest BCUT2D eigenvalue weighted by Crippen LogP contribution is -2.56. The number of carbonyl (C=O) groups is 2. The fraction of sp³-hybridized carbons (Fsp3) is 0.778. The number of hydrogen-bond donors (Lipinski definition) is 2. The molecular formula is C9H17N3O3. The first-order valence-corrected chi connectivity index (χ1v) is 4.89. The Morgan fingerprint density at radius 3 is 2.73 bits per heavy atom. The highest BCUT2D eigenvalue weighted by Gasteiger charge is 2.22. The molecule has 15 heavy (non-hydrogen) atoms. The number of nitrogens with one attached hydrogen (secondary N) is 2. The highest BCUT2D eigenvalue weighted by molar-refractivity contribution is 5.81. The first-order valence-electron chi connectivity index (χ1n) is 4.89. The minimum atomic E-state index is -0.599. The number of carbonyl (C=O) groups excluding carboxylic acids is 2. The number of hydrazine groups is 1. The third kappa shape index (κ3) is 4.16. The lowest BCUT2D eigenvalue weighted by atomic mass is 10.2. The molecule has 2 N–H and O–H groups in total. The summed E-state index contributed by atoms with van der Waals surface area (Å²) in [6.45, 7) is 6.68. The Kier molecular flexibility index (Phi) is 3.52. The molecule has 0 aromatic rings. The Morgan fingerprint density at radius 1 is 1.53 bits per heavy atom. The van der Waals surface area contributed by atoms with Gasteiger partial charge in [-0.3, -0.25) is 4.79 Å². The highest BCUT2D eigenvalue weighted by Crippen LogP contribution is 2.06. The van der Waals surface area contributed by atoms with E-state index in [-0.39, 0.29) is 12.5 Å². The Hall–Kier alpha value is -1.30. The number of piperazine rings is 1. The Balaban J connectivity index is 2.40. The average Bonchev–Trinajstić information content (AvgIpc) is 2.05. The van der Waals surface area contributed by atoms with Crippen LogP contribution in [0.15, 0.2) is 0 Å². The van der Waals surface area contributed by atoms with E-state index in [2.05, 4.69) is 10.7 Å². The molecule has 0 spiro atoms. The number of ether oxygens (including phenoxy) is 1. The van der Waals surface area contributed by atoms with Crippen molar-refractivity contribution in [2.75, 3.05) is 19.6 Å². The monoisotopic (exact) mass is 215 g/mol. The molecule has 0 saturated carbocycles. The van der Waals surface area contributed by atoms with Crippen LogP contribution < -0.4 is 10.7 Å². The first kappa shape index (κ1) is 11.8.